The van der Waals surface area contributed by atoms with Crippen LogP contribution >= 0.6 is 0 Å². The van der Waals surface area contributed by atoms with E-state index in [9.17, 15) is 26.1 Å². The molecular weight excluding hydrogens is 209 g/mol. The monoisotopic (exact) mass is 211 g/mol. The van der Waals surface area contributed by atoms with Crippen LogP contribution in [0.5, 0.6) is 0 Å². The van der Waals surface area contributed by atoms with E-state index in [-0.39, 0.29) is 0 Å². The lowest BCUT2D eigenvalue weighted by Gasteiger charge is -2.07. The van der Waals surface area contributed by atoms with E-state index in [4.69, 9.17) is 0 Å². The van der Waals surface area contributed by atoms with Crippen molar-refractivity contribution in [3.63, 3.8) is 0 Å². The summed E-state index contributed by atoms with van der Waals surface area (Å²) in [6.07, 6.45) is 0. The third-order valence-electron chi connectivity index (χ3n) is 1.27. The van der Waals surface area contributed by atoms with Gasteiger partial charge in [0.15, 0.2) is 17.5 Å². The van der Waals surface area contributed by atoms with E-state index in [1.807, 2.05) is 0 Å². The third kappa shape index (κ3) is 1.81. The van der Waals surface area contributed by atoms with Gasteiger partial charge in [0.1, 0.15) is 10.1 Å². The summed E-state index contributed by atoms with van der Waals surface area (Å²) in [7, 11) is -5.10. The molecule has 1 aromatic carbocycles. The first-order valence-corrected chi connectivity index (χ1v) is 4.34. The lowest BCUT2D eigenvalue weighted by molar-refractivity contribution is 0.418. The molecule has 0 radical (unpaired) electrons. The molecular formula is C6H2F3O3S-. The molecule has 72 valence electrons. The average Bonchev–Trinajstić information content (AvgIpc) is 1.98. The van der Waals surface area contributed by atoms with Crippen molar-refractivity contribution >= 4 is 10.1 Å². The van der Waals surface area contributed by atoms with Crippen LogP contribution in [-0.2, 0) is 10.1 Å². The lowest BCUT2D eigenvalue weighted by atomic mass is 10.3. The fourth-order valence-electron chi connectivity index (χ4n) is 0.701. The summed E-state index contributed by atoms with van der Waals surface area (Å²) in [4.78, 5) is -1.40. The molecule has 0 atom stereocenters. The second-order valence-corrected chi connectivity index (χ2v) is 3.48. The SMILES string of the molecule is O=S(=O)([O-])c1ccc(F)c(F)c1F. The molecule has 0 aliphatic rings. The Bertz CT molecular complexity index is 441. The lowest BCUT2D eigenvalue weighted by Crippen LogP contribution is -2.05. The second kappa shape index (κ2) is 3.00. The summed E-state index contributed by atoms with van der Waals surface area (Å²) in [5.41, 5.74) is 0. The van der Waals surface area contributed by atoms with Gasteiger partial charge in [-0.25, -0.2) is 21.6 Å². The molecule has 1 aromatic rings. The summed E-state index contributed by atoms with van der Waals surface area (Å²) in [6, 6.07) is 0.735. The molecule has 1 rings (SSSR count). The van der Waals surface area contributed by atoms with Crippen LogP contribution < -0.4 is 0 Å². The molecule has 0 spiro atoms. The van der Waals surface area contributed by atoms with Gasteiger partial charge in [-0.05, 0) is 12.1 Å². The molecule has 0 aromatic heterocycles. The van der Waals surface area contributed by atoms with Crippen LogP contribution in [0.25, 0.3) is 0 Å². The highest BCUT2D eigenvalue weighted by molar-refractivity contribution is 7.85. The Kier molecular flexibility index (Phi) is 2.31. The van der Waals surface area contributed by atoms with Crippen LogP contribution in [0.2, 0.25) is 0 Å². The van der Waals surface area contributed by atoms with Crippen molar-refractivity contribution in [2.45, 2.75) is 4.90 Å². The minimum Gasteiger partial charge on any atom is -0.744 e. The van der Waals surface area contributed by atoms with Gasteiger partial charge in [0, 0.05) is 0 Å². The van der Waals surface area contributed by atoms with Crippen molar-refractivity contribution < 1.29 is 26.1 Å². The molecule has 0 fully saturated rings. The van der Waals surface area contributed by atoms with Crippen LogP contribution in [-0.4, -0.2) is 13.0 Å². The smallest absolute Gasteiger partial charge is 0.195 e. The molecule has 7 heteroatoms. The molecule has 0 aliphatic carbocycles. The highest BCUT2D eigenvalue weighted by atomic mass is 32.2. The molecule has 0 saturated heterocycles. The maximum Gasteiger partial charge on any atom is 0.195 e. The van der Waals surface area contributed by atoms with Crippen molar-refractivity contribution in [3.8, 4) is 0 Å². The quantitative estimate of drug-likeness (QED) is 0.514. The Labute approximate surface area is 71.6 Å². The van der Waals surface area contributed by atoms with Crippen LogP contribution in [0.1, 0.15) is 0 Å². The number of benzene rings is 1. The fraction of sp³-hybridized carbons (Fsp3) is 0. The number of hydrogen-bond donors (Lipinski definition) is 0. The van der Waals surface area contributed by atoms with Gasteiger partial charge in [-0.1, -0.05) is 0 Å². The van der Waals surface area contributed by atoms with Gasteiger partial charge in [-0.2, -0.15) is 0 Å². The predicted molar refractivity (Wildman–Crippen MR) is 34.3 cm³/mol. The van der Waals surface area contributed by atoms with Gasteiger partial charge in [0.25, 0.3) is 0 Å². The van der Waals surface area contributed by atoms with Gasteiger partial charge in [-0.3, -0.25) is 0 Å². The highest BCUT2D eigenvalue weighted by Gasteiger charge is 2.16. The zero-order chi connectivity index (χ0) is 10.2. The fourth-order valence-corrected chi connectivity index (χ4v) is 1.25. The number of halogens is 3. The molecule has 0 saturated carbocycles. The first kappa shape index (κ1) is 10.0. The minimum absolute atomic E-state index is 0.364. The first-order chi connectivity index (χ1) is 5.84. The van der Waals surface area contributed by atoms with Crippen molar-refractivity contribution in [1.82, 2.24) is 0 Å². The van der Waals surface area contributed by atoms with Gasteiger partial charge >= 0.3 is 0 Å². The van der Waals surface area contributed by atoms with Crippen LogP contribution in [0.15, 0.2) is 17.0 Å². The molecule has 13 heavy (non-hydrogen) atoms. The number of hydrogen-bond acceptors (Lipinski definition) is 3. The van der Waals surface area contributed by atoms with Gasteiger partial charge in [0.2, 0.25) is 0 Å². The highest BCUT2D eigenvalue weighted by Crippen LogP contribution is 2.18. The minimum atomic E-state index is -5.10. The molecule has 0 unspecified atom stereocenters. The topological polar surface area (TPSA) is 57.2 Å². The zero-order valence-electron chi connectivity index (χ0n) is 5.92. The van der Waals surface area contributed by atoms with E-state index >= 15 is 0 Å². The summed E-state index contributed by atoms with van der Waals surface area (Å²) in [6.45, 7) is 0. The summed E-state index contributed by atoms with van der Waals surface area (Å²) in [5.74, 6) is -5.52. The molecule has 0 bridgehead atoms. The van der Waals surface area contributed by atoms with E-state index < -0.39 is 32.5 Å². The second-order valence-electron chi connectivity index (χ2n) is 2.13. The summed E-state index contributed by atoms with van der Waals surface area (Å²) >= 11 is 0. The largest absolute Gasteiger partial charge is 0.744 e. The Morgan fingerprint density at radius 3 is 2.08 bits per heavy atom. The maximum atomic E-state index is 12.6. The van der Waals surface area contributed by atoms with Crippen LogP contribution in [0.4, 0.5) is 13.2 Å². The predicted octanol–water partition coefficient (Wildman–Crippen LogP) is 1.01. The van der Waals surface area contributed by atoms with Crippen molar-refractivity contribution in [3.05, 3.63) is 29.6 Å². The van der Waals surface area contributed by atoms with E-state index in [1.165, 1.54) is 0 Å². The molecule has 3 nitrogen and oxygen atoms in total. The molecule has 0 N–H and O–H groups in total. The van der Waals surface area contributed by atoms with E-state index in [2.05, 4.69) is 0 Å². The summed E-state index contributed by atoms with van der Waals surface area (Å²) < 4.78 is 67.9. The maximum absolute atomic E-state index is 12.6. The molecule has 0 amide bonds. The third-order valence-corrected chi connectivity index (χ3v) is 2.12. The van der Waals surface area contributed by atoms with Crippen molar-refractivity contribution in [1.29, 1.82) is 0 Å². The standard InChI is InChI=1S/C6H3F3O3S/c7-3-1-2-4(13(10,11)12)6(9)5(3)8/h1-2H,(H,10,11,12)/p-1. The van der Waals surface area contributed by atoms with E-state index in [1.54, 1.807) is 0 Å². The van der Waals surface area contributed by atoms with E-state index in [0.717, 1.165) is 0 Å². The van der Waals surface area contributed by atoms with Gasteiger partial charge in [-0.15, -0.1) is 0 Å². The molecule has 0 aliphatic heterocycles. The Hall–Kier alpha value is -1.08. The summed E-state index contributed by atoms with van der Waals surface area (Å²) in [5, 5.41) is 0. The van der Waals surface area contributed by atoms with E-state index in [0.29, 0.717) is 12.1 Å². The van der Waals surface area contributed by atoms with Crippen LogP contribution in [0.3, 0.4) is 0 Å². The Balaban J connectivity index is 3.53. The zero-order valence-corrected chi connectivity index (χ0v) is 6.74. The first-order valence-electron chi connectivity index (χ1n) is 2.93. The Morgan fingerprint density at radius 2 is 1.62 bits per heavy atom. The number of rotatable bonds is 1. The Morgan fingerprint density at radius 1 is 1.08 bits per heavy atom. The van der Waals surface area contributed by atoms with Gasteiger partial charge in [0.05, 0.1) is 4.90 Å². The normalized spacial score (nSPS) is 11.7. The van der Waals surface area contributed by atoms with Crippen molar-refractivity contribution in [2.24, 2.45) is 0 Å². The molecule has 0 heterocycles. The average molecular weight is 211 g/mol. The van der Waals surface area contributed by atoms with Crippen molar-refractivity contribution in [2.75, 3.05) is 0 Å². The van der Waals surface area contributed by atoms with Gasteiger partial charge < -0.3 is 4.55 Å². The van der Waals surface area contributed by atoms with Crippen LogP contribution in [0, 0.1) is 17.5 Å².